The number of aromatic nitrogens is 2. The molecule has 3 amide bonds. The van der Waals surface area contributed by atoms with E-state index in [1.807, 2.05) is 42.7 Å². The number of para-hydroxylation sites is 2. The van der Waals surface area contributed by atoms with Crippen LogP contribution in [-0.4, -0.2) is 34.1 Å². The van der Waals surface area contributed by atoms with Gasteiger partial charge in [0.25, 0.3) is 0 Å². The molecule has 2 N–H and O–H groups in total. The first kappa shape index (κ1) is 20.8. The normalized spacial score (nSPS) is 14.0. The third kappa shape index (κ3) is 4.52. The number of hydrogen-bond donors (Lipinski definition) is 2. The van der Waals surface area contributed by atoms with Gasteiger partial charge in [-0.05, 0) is 42.2 Å². The minimum atomic E-state index is -0.675. The number of imidazole rings is 1. The van der Waals surface area contributed by atoms with Gasteiger partial charge in [-0.25, -0.2) is 14.2 Å². The predicted molar refractivity (Wildman–Crippen MR) is 117 cm³/mol. The summed E-state index contributed by atoms with van der Waals surface area (Å²) in [6.45, 7) is 5.44. The molecule has 31 heavy (non-hydrogen) atoms. The van der Waals surface area contributed by atoms with E-state index in [-0.39, 0.29) is 30.2 Å². The minimum absolute atomic E-state index is 0.213. The van der Waals surface area contributed by atoms with Crippen LogP contribution in [0.5, 0.6) is 0 Å². The fourth-order valence-corrected chi connectivity index (χ4v) is 3.83. The Morgan fingerprint density at radius 3 is 2.58 bits per heavy atom. The molecule has 7 nitrogen and oxygen atoms in total. The van der Waals surface area contributed by atoms with E-state index in [1.165, 1.54) is 12.1 Å². The average molecular weight is 423 g/mol. The summed E-state index contributed by atoms with van der Waals surface area (Å²) in [6.07, 6.45) is 0.505. The number of fused-ring (bicyclic) bond motifs is 3. The van der Waals surface area contributed by atoms with Crippen LogP contribution in [0, 0.1) is 11.7 Å². The molecule has 1 atom stereocenters. The fourth-order valence-electron chi connectivity index (χ4n) is 3.83. The molecular weight excluding hydrogens is 397 g/mol. The van der Waals surface area contributed by atoms with Gasteiger partial charge < -0.3 is 15.2 Å². The molecule has 162 valence electrons. The highest BCUT2D eigenvalue weighted by atomic mass is 19.1. The smallest absolute Gasteiger partial charge is 0.324 e. The zero-order chi connectivity index (χ0) is 22.0. The summed E-state index contributed by atoms with van der Waals surface area (Å²) in [5.74, 6) is 0.217. The van der Waals surface area contributed by atoms with Crippen molar-refractivity contribution in [2.75, 3.05) is 11.4 Å². The number of carbonyl (C=O) groups is 2. The molecule has 0 radical (unpaired) electrons. The number of carbonyl (C=O) groups excluding carboxylic acids is 2. The van der Waals surface area contributed by atoms with Crippen molar-refractivity contribution in [1.82, 2.24) is 20.2 Å². The van der Waals surface area contributed by atoms with Crippen molar-refractivity contribution >= 4 is 28.9 Å². The van der Waals surface area contributed by atoms with E-state index in [0.29, 0.717) is 25.5 Å². The highest BCUT2D eigenvalue weighted by Crippen LogP contribution is 2.27. The SMILES string of the molecule is CC(C)CC(NC(=O)N1CCn2c1nc1ccccc12)C(=O)NCc1ccc(F)cc1. The Hall–Kier alpha value is -3.42. The van der Waals surface area contributed by atoms with Crippen molar-refractivity contribution in [3.63, 3.8) is 0 Å². The number of nitrogens with one attached hydrogen (secondary N) is 2. The molecule has 1 aliphatic rings. The Kier molecular flexibility index (Phi) is 5.88. The number of halogens is 1. The summed E-state index contributed by atoms with van der Waals surface area (Å²) in [6, 6.07) is 12.7. The van der Waals surface area contributed by atoms with E-state index in [2.05, 4.69) is 15.6 Å². The van der Waals surface area contributed by atoms with Gasteiger partial charge in [0.15, 0.2) is 0 Å². The van der Waals surface area contributed by atoms with Gasteiger partial charge in [0.1, 0.15) is 11.9 Å². The lowest BCUT2D eigenvalue weighted by atomic mass is 10.0. The second-order valence-corrected chi connectivity index (χ2v) is 8.18. The molecule has 0 saturated heterocycles. The van der Waals surface area contributed by atoms with Gasteiger partial charge in [-0.15, -0.1) is 0 Å². The first-order chi connectivity index (χ1) is 14.9. The molecular formula is C23H26FN5O2. The molecule has 0 fully saturated rings. The van der Waals surface area contributed by atoms with Crippen LogP contribution in [-0.2, 0) is 17.9 Å². The van der Waals surface area contributed by atoms with Gasteiger partial charge in [-0.3, -0.25) is 9.69 Å². The van der Waals surface area contributed by atoms with Gasteiger partial charge in [0, 0.05) is 19.6 Å². The summed E-state index contributed by atoms with van der Waals surface area (Å²) in [4.78, 5) is 32.0. The number of rotatable bonds is 6. The molecule has 8 heteroatoms. The third-order valence-electron chi connectivity index (χ3n) is 5.37. The van der Waals surface area contributed by atoms with Crippen molar-refractivity contribution in [3.8, 4) is 0 Å². The topological polar surface area (TPSA) is 79.3 Å². The van der Waals surface area contributed by atoms with Crippen LogP contribution in [0.4, 0.5) is 15.1 Å². The molecule has 0 spiro atoms. The van der Waals surface area contributed by atoms with Crippen molar-refractivity contribution in [2.24, 2.45) is 5.92 Å². The van der Waals surface area contributed by atoms with Crippen molar-refractivity contribution in [3.05, 3.63) is 59.9 Å². The summed E-state index contributed by atoms with van der Waals surface area (Å²) in [5, 5.41) is 5.73. The van der Waals surface area contributed by atoms with Crippen molar-refractivity contribution < 1.29 is 14.0 Å². The number of hydrogen-bond acceptors (Lipinski definition) is 3. The molecule has 1 unspecified atom stereocenters. The molecule has 0 bridgehead atoms. The number of amides is 3. The molecule has 2 heterocycles. The lowest BCUT2D eigenvalue weighted by molar-refractivity contribution is -0.123. The predicted octanol–water partition coefficient (Wildman–Crippen LogP) is 3.44. The maximum atomic E-state index is 13.1. The van der Waals surface area contributed by atoms with Gasteiger partial charge in [0.2, 0.25) is 11.9 Å². The molecule has 1 aromatic heterocycles. The molecule has 2 aromatic carbocycles. The Morgan fingerprint density at radius 1 is 1.10 bits per heavy atom. The van der Waals surface area contributed by atoms with E-state index in [4.69, 9.17) is 0 Å². The van der Waals surface area contributed by atoms with E-state index >= 15 is 0 Å². The standard InChI is InChI=1S/C23H26FN5O2/c1-15(2)13-19(21(30)25-14-16-7-9-17(24)10-8-16)27-23(31)29-12-11-28-20-6-4-3-5-18(20)26-22(28)29/h3-10,15,19H,11-14H2,1-2H3,(H,25,30)(H,27,31). The number of anilines is 1. The van der Waals surface area contributed by atoms with Crippen LogP contribution >= 0.6 is 0 Å². The van der Waals surface area contributed by atoms with E-state index in [9.17, 15) is 14.0 Å². The molecule has 0 aliphatic carbocycles. The number of benzene rings is 2. The maximum Gasteiger partial charge on any atom is 0.324 e. The van der Waals surface area contributed by atoms with Crippen LogP contribution in [0.25, 0.3) is 11.0 Å². The van der Waals surface area contributed by atoms with Crippen LogP contribution < -0.4 is 15.5 Å². The zero-order valence-electron chi connectivity index (χ0n) is 17.6. The second-order valence-electron chi connectivity index (χ2n) is 8.18. The lowest BCUT2D eigenvalue weighted by Gasteiger charge is -2.23. The molecule has 4 rings (SSSR count). The van der Waals surface area contributed by atoms with Crippen molar-refractivity contribution in [1.29, 1.82) is 0 Å². The summed E-state index contributed by atoms with van der Waals surface area (Å²) >= 11 is 0. The maximum absolute atomic E-state index is 13.1. The van der Waals surface area contributed by atoms with Gasteiger partial charge >= 0.3 is 6.03 Å². The van der Waals surface area contributed by atoms with Crippen LogP contribution in [0.3, 0.4) is 0 Å². The molecule has 0 saturated carbocycles. The first-order valence-electron chi connectivity index (χ1n) is 10.5. The van der Waals surface area contributed by atoms with E-state index in [1.54, 1.807) is 17.0 Å². The molecule has 1 aliphatic heterocycles. The Morgan fingerprint density at radius 2 is 1.84 bits per heavy atom. The average Bonchev–Trinajstić information content (AvgIpc) is 3.31. The molecule has 3 aromatic rings. The Labute approximate surface area is 180 Å². The number of urea groups is 1. The fraction of sp³-hybridized carbons (Fsp3) is 0.348. The Bertz CT molecular complexity index is 1090. The second kappa shape index (κ2) is 8.75. The van der Waals surface area contributed by atoms with E-state index < -0.39 is 6.04 Å². The summed E-state index contributed by atoms with van der Waals surface area (Å²) in [5.41, 5.74) is 2.62. The van der Waals surface area contributed by atoms with Gasteiger partial charge in [-0.2, -0.15) is 0 Å². The van der Waals surface area contributed by atoms with E-state index in [0.717, 1.165) is 16.6 Å². The quantitative estimate of drug-likeness (QED) is 0.638. The van der Waals surface area contributed by atoms with Gasteiger partial charge in [-0.1, -0.05) is 38.1 Å². The first-order valence-corrected chi connectivity index (χ1v) is 10.5. The third-order valence-corrected chi connectivity index (χ3v) is 5.37. The largest absolute Gasteiger partial charge is 0.350 e. The minimum Gasteiger partial charge on any atom is -0.350 e. The van der Waals surface area contributed by atoms with Crippen molar-refractivity contribution in [2.45, 2.75) is 39.4 Å². The monoisotopic (exact) mass is 423 g/mol. The highest BCUT2D eigenvalue weighted by Gasteiger charge is 2.31. The van der Waals surface area contributed by atoms with Gasteiger partial charge in [0.05, 0.1) is 11.0 Å². The highest BCUT2D eigenvalue weighted by molar-refractivity contribution is 5.96. The summed E-state index contributed by atoms with van der Waals surface area (Å²) < 4.78 is 15.1. The van der Waals surface area contributed by atoms with Crippen LogP contribution in [0.1, 0.15) is 25.8 Å². The number of nitrogens with zero attached hydrogens (tertiary/aromatic N) is 3. The Balaban J connectivity index is 1.44. The zero-order valence-corrected chi connectivity index (χ0v) is 17.6. The summed E-state index contributed by atoms with van der Waals surface area (Å²) in [7, 11) is 0. The lowest BCUT2D eigenvalue weighted by Crippen LogP contribution is -2.51. The van der Waals surface area contributed by atoms with Crippen LogP contribution in [0.2, 0.25) is 0 Å². The van der Waals surface area contributed by atoms with Crippen LogP contribution in [0.15, 0.2) is 48.5 Å².